The topological polar surface area (TPSA) is 49.6 Å². The van der Waals surface area contributed by atoms with Crippen LogP contribution in [0.15, 0.2) is 24.3 Å². The monoisotopic (exact) mass is 233 g/mol. The highest BCUT2D eigenvalue weighted by Gasteiger charge is 2.30. The van der Waals surface area contributed by atoms with Crippen molar-refractivity contribution in [3.05, 3.63) is 29.8 Å². The van der Waals surface area contributed by atoms with Crippen molar-refractivity contribution in [3.8, 4) is 0 Å². The first kappa shape index (κ1) is 11.9. The summed E-state index contributed by atoms with van der Waals surface area (Å²) >= 11 is 0. The number of hydrogen-bond donors (Lipinski definition) is 1. The van der Waals surface area contributed by atoms with Crippen LogP contribution < -0.4 is 10.6 Å². The van der Waals surface area contributed by atoms with Crippen molar-refractivity contribution in [2.24, 2.45) is 5.73 Å². The third kappa shape index (κ3) is 2.13. The average Bonchev–Trinajstić information content (AvgIpc) is 2.59. The Kier molecular flexibility index (Phi) is 2.83. The van der Waals surface area contributed by atoms with Gasteiger partial charge < -0.3 is 10.6 Å². The standard InChI is InChI=1S/C13H19N3O/c1-13(2,14)10-6-4-5-7-11(10)16-9-8-15(3)12(16)17/h4-7H,8-9,14H2,1-3H3. The summed E-state index contributed by atoms with van der Waals surface area (Å²) in [5.74, 6) is 0. The number of hydrogen-bond acceptors (Lipinski definition) is 2. The van der Waals surface area contributed by atoms with Crippen molar-refractivity contribution >= 4 is 11.7 Å². The molecule has 1 aliphatic rings. The SMILES string of the molecule is CN1CCN(c2ccccc2C(C)(C)N)C1=O. The Bertz CT molecular complexity index is 437. The van der Waals surface area contributed by atoms with Crippen LogP contribution in [-0.2, 0) is 5.54 Å². The van der Waals surface area contributed by atoms with Crippen molar-refractivity contribution in [2.45, 2.75) is 19.4 Å². The van der Waals surface area contributed by atoms with Crippen molar-refractivity contribution in [3.63, 3.8) is 0 Å². The quantitative estimate of drug-likeness (QED) is 0.846. The maximum Gasteiger partial charge on any atom is 0.324 e. The Hall–Kier alpha value is -1.55. The molecule has 0 atom stereocenters. The summed E-state index contributed by atoms with van der Waals surface area (Å²) in [6, 6.07) is 7.89. The number of urea groups is 1. The summed E-state index contributed by atoms with van der Waals surface area (Å²) in [7, 11) is 1.82. The lowest BCUT2D eigenvalue weighted by atomic mass is 9.93. The number of carbonyl (C=O) groups excluding carboxylic acids is 1. The number of carbonyl (C=O) groups is 1. The van der Waals surface area contributed by atoms with E-state index in [1.165, 1.54) is 0 Å². The molecule has 2 N–H and O–H groups in total. The first-order chi connectivity index (χ1) is 7.91. The summed E-state index contributed by atoms with van der Waals surface area (Å²) in [5.41, 5.74) is 7.64. The Balaban J connectivity index is 2.43. The normalized spacial score (nSPS) is 16.8. The van der Waals surface area contributed by atoms with E-state index in [1.807, 2.05) is 45.2 Å². The molecule has 1 aromatic carbocycles. The number of likely N-dealkylation sites (N-methyl/N-ethyl adjacent to an activating group) is 1. The van der Waals surface area contributed by atoms with E-state index < -0.39 is 5.54 Å². The van der Waals surface area contributed by atoms with Crippen LogP contribution in [0.5, 0.6) is 0 Å². The molecule has 1 aliphatic heterocycles. The molecule has 0 saturated carbocycles. The minimum atomic E-state index is -0.446. The zero-order chi connectivity index (χ0) is 12.6. The molecule has 2 amide bonds. The van der Waals surface area contributed by atoms with Gasteiger partial charge in [0.05, 0.1) is 5.69 Å². The fourth-order valence-corrected chi connectivity index (χ4v) is 2.12. The van der Waals surface area contributed by atoms with Gasteiger partial charge in [-0.05, 0) is 25.5 Å². The zero-order valence-electron chi connectivity index (χ0n) is 10.6. The number of rotatable bonds is 2. The first-order valence-electron chi connectivity index (χ1n) is 5.82. The summed E-state index contributed by atoms with van der Waals surface area (Å²) in [6.07, 6.45) is 0. The fraction of sp³-hybridized carbons (Fsp3) is 0.462. The van der Waals surface area contributed by atoms with Crippen molar-refractivity contribution in [1.82, 2.24) is 4.90 Å². The van der Waals surface area contributed by atoms with E-state index in [0.717, 1.165) is 24.3 Å². The van der Waals surface area contributed by atoms with Gasteiger partial charge >= 0.3 is 6.03 Å². The lowest BCUT2D eigenvalue weighted by Crippen LogP contribution is -2.35. The molecule has 92 valence electrons. The molecule has 4 heteroatoms. The summed E-state index contributed by atoms with van der Waals surface area (Å²) in [5, 5.41) is 0. The maximum atomic E-state index is 12.0. The second-order valence-electron chi connectivity index (χ2n) is 5.09. The Labute approximate surface area is 102 Å². The van der Waals surface area contributed by atoms with Gasteiger partial charge in [0.2, 0.25) is 0 Å². The van der Waals surface area contributed by atoms with Crippen LogP contribution in [0.4, 0.5) is 10.5 Å². The van der Waals surface area contributed by atoms with E-state index in [4.69, 9.17) is 5.73 Å². The molecule has 0 bridgehead atoms. The van der Waals surface area contributed by atoms with E-state index in [0.29, 0.717) is 0 Å². The van der Waals surface area contributed by atoms with E-state index in [-0.39, 0.29) is 6.03 Å². The van der Waals surface area contributed by atoms with Crippen LogP contribution in [0.25, 0.3) is 0 Å². The number of anilines is 1. The molecule has 17 heavy (non-hydrogen) atoms. The van der Waals surface area contributed by atoms with Gasteiger partial charge in [-0.1, -0.05) is 18.2 Å². The first-order valence-corrected chi connectivity index (χ1v) is 5.82. The van der Waals surface area contributed by atoms with Crippen LogP contribution in [0.1, 0.15) is 19.4 Å². The van der Waals surface area contributed by atoms with Crippen LogP contribution in [0.3, 0.4) is 0 Å². The van der Waals surface area contributed by atoms with Gasteiger partial charge in [-0.15, -0.1) is 0 Å². The number of nitrogens with two attached hydrogens (primary N) is 1. The second kappa shape index (κ2) is 4.04. The molecule has 0 spiro atoms. The summed E-state index contributed by atoms with van der Waals surface area (Å²) in [6.45, 7) is 5.40. The summed E-state index contributed by atoms with van der Waals surface area (Å²) < 4.78 is 0. The third-order valence-corrected chi connectivity index (χ3v) is 3.11. The fourth-order valence-electron chi connectivity index (χ4n) is 2.12. The highest BCUT2D eigenvalue weighted by atomic mass is 16.2. The van der Waals surface area contributed by atoms with Gasteiger partial charge in [-0.3, -0.25) is 4.90 Å². The summed E-state index contributed by atoms with van der Waals surface area (Å²) in [4.78, 5) is 15.5. The molecule has 2 rings (SSSR count). The van der Waals surface area contributed by atoms with E-state index in [1.54, 1.807) is 9.80 Å². The molecule has 0 aromatic heterocycles. The molecule has 0 aliphatic carbocycles. The largest absolute Gasteiger partial charge is 0.326 e. The van der Waals surface area contributed by atoms with Crippen LogP contribution in [-0.4, -0.2) is 31.1 Å². The maximum absolute atomic E-state index is 12.0. The Morgan fingerprint density at radius 1 is 1.24 bits per heavy atom. The van der Waals surface area contributed by atoms with Crippen LogP contribution in [0.2, 0.25) is 0 Å². The van der Waals surface area contributed by atoms with Crippen LogP contribution in [0, 0.1) is 0 Å². The van der Waals surface area contributed by atoms with Crippen LogP contribution >= 0.6 is 0 Å². The van der Waals surface area contributed by atoms with Gasteiger partial charge in [-0.2, -0.15) is 0 Å². The molecular weight excluding hydrogens is 214 g/mol. The molecule has 1 saturated heterocycles. The highest BCUT2D eigenvalue weighted by Crippen LogP contribution is 2.30. The van der Waals surface area contributed by atoms with Crippen molar-refractivity contribution < 1.29 is 4.79 Å². The molecule has 1 aromatic rings. The Morgan fingerprint density at radius 3 is 2.41 bits per heavy atom. The lowest BCUT2D eigenvalue weighted by Gasteiger charge is -2.27. The van der Waals surface area contributed by atoms with Gasteiger partial charge in [0.1, 0.15) is 0 Å². The molecule has 1 heterocycles. The molecule has 1 fully saturated rings. The molecule has 4 nitrogen and oxygen atoms in total. The molecule has 0 radical (unpaired) electrons. The van der Waals surface area contributed by atoms with Crippen molar-refractivity contribution in [1.29, 1.82) is 0 Å². The lowest BCUT2D eigenvalue weighted by molar-refractivity contribution is 0.229. The minimum Gasteiger partial charge on any atom is -0.326 e. The van der Waals surface area contributed by atoms with E-state index in [2.05, 4.69) is 0 Å². The zero-order valence-corrected chi connectivity index (χ0v) is 10.6. The van der Waals surface area contributed by atoms with Crippen molar-refractivity contribution in [2.75, 3.05) is 25.0 Å². The third-order valence-electron chi connectivity index (χ3n) is 3.11. The van der Waals surface area contributed by atoms with Gasteiger partial charge in [0, 0.05) is 25.7 Å². The van der Waals surface area contributed by atoms with Gasteiger partial charge in [0.25, 0.3) is 0 Å². The molecule has 0 unspecified atom stereocenters. The molecular formula is C13H19N3O. The number of para-hydroxylation sites is 1. The number of benzene rings is 1. The van der Waals surface area contributed by atoms with Gasteiger partial charge in [0.15, 0.2) is 0 Å². The highest BCUT2D eigenvalue weighted by molar-refractivity contribution is 5.94. The number of amides is 2. The van der Waals surface area contributed by atoms with E-state index >= 15 is 0 Å². The Morgan fingerprint density at radius 2 is 1.88 bits per heavy atom. The predicted octanol–water partition coefficient (Wildman–Crippen LogP) is 1.75. The average molecular weight is 233 g/mol. The minimum absolute atomic E-state index is 0.0432. The number of nitrogens with zero attached hydrogens (tertiary/aromatic N) is 2. The smallest absolute Gasteiger partial charge is 0.324 e. The second-order valence-corrected chi connectivity index (χ2v) is 5.09. The van der Waals surface area contributed by atoms with Gasteiger partial charge in [-0.25, -0.2) is 4.79 Å². The predicted molar refractivity (Wildman–Crippen MR) is 69.0 cm³/mol. The van der Waals surface area contributed by atoms with E-state index in [9.17, 15) is 4.79 Å².